The Labute approximate surface area is 167 Å². The highest BCUT2D eigenvalue weighted by atomic mass is 79.9. The second-order valence-electron chi connectivity index (χ2n) is 7.04. The predicted molar refractivity (Wildman–Crippen MR) is 107 cm³/mol. The van der Waals surface area contributed by atoms with Crippen LogP contribution in [0.25, 0.3) is 0 Å². The van der Waals surface area contributed by atoms with E-state index in [9.17, 15) is 4.79 Å². The number of nitrogens with one attached hydrogen (secondary N) is 1. The summed E-state index contributed by atoms with van der Waals surface area (Å²) in [5.41, 5.74) is 3.94. The van der Waals surface area contributed by atoms with Gasteiger partial charge in [-0.05, 0) is 51.7 Å². The molecule has 1 aromatic heterocycles. The summed E-state index contributed by atoms with van der Waals surface area (Å²) in [5.74, 6) is 0.123. The zero-order chi connectivity index (χ0) is 18.8. The monoisotopic (exact) mass is 433 g/mol. The third-order valence-electron chi connectivity index (χ3n) is 5.36. The van der Waals surface area contributed by atoms with Crippen molar-refractivity contribution in [1.29, 1.82) is 0 Å². The zero-order valence-electron chi connectivity index (χ0n) is 15.4. The highest BCUT2D eigenvalue weighted by Gasteiger charge is 2.26. The Morgan fingerprint density at radius 1 is 1.22 bits per heavy atom. The summed E-state index contributed by atoms with van der Waals surface area (Å²) in [6.45, 7) is 4.77. The summed E-state index contributed by atoms with van der Waals surface area (Å²) in [6.07, 6.45) is 1.07. The maximum atomic E-state index is 12.4. The van der Waals surface area contributed by atoms with Crippen LogP contribution in [0, 0.1) is 0 Å². The molecule has 0 saturated carbocycles. The first-order valence-electron chi connectivity index (χ1n) is 9.31. The second kappa shape index (κ2) is 8.04. The van der Waals surface area contributed by atoms with E-state index in [1.54, 1.807) is 12.1 Å². The van der Waals surface area contributed by atoms with Crippen molar-refractivity contribution in [2.45, 2.75) is 12.5 Å². The molecule has 2 aliphatic heterocycles. The molecule has 6 nitrogen and oxygen atoms in total. The van der Waals surface area contributed by atoms with Crippen molar-refractivity contribution >= 4 is 27.5 Å². The van der Waals surface area contributed by atoms with Crippen molar-refractivity contribution < 1.29 is 13.9 Å². The number of rotatable bonds is 5. The Hall–Kier alpha value is -1.83. The summed E-state index contributed by atoms with van der Waals surface area (Å²) < 4.78 is 11.4. The van der Waals surface area contributed by atoms with Crippen molar-refractivity contribution in [2.24, 2.45) is 0 Å². The lowest BCUT2D eigenvalue weighted by molar-refractivity contribution is 0.0161. The van der Waals surface area contributed by atoms with Gasteiger partial charge in [0.15, 0.2) is 10.4 Å². The fourth-order valence-corrected chi connectivity index (χ4v) is 4.16. The van der Waals surface area contributed by atoms with Gasteiger partial charge in [0.05, 0.1) is 19.3 Å². The van der Waals surface area contributed by atoms with Crippen LogP contribution in [0.15, 0.2) is 39.4 Å². The molecule has 0 unspecified atom stereocenters. The van der Waals surface area contributed by atoms with Gasteiger partial charge in [0.2, 0.25) is 0 Å². The van der Waals surface area contributed by atoms with E-state index in [0.29, 0.717) is 17.0 Å². The van der Waals surface area contributed by atoms with Crippen LogP contribution in [0.5, 0.6) is 0 Å². The molecule has 7 heteroatoms. The number of fused-ring (bicyclic) bond motifs is 1. The second-order valence-corrected chi connectivity index (χ2v) is 7.82. The van der Waals surface area contributed by atoms with E-state index in [2.05, 4.69) is 56.3 Å². The van der Waals surface area contributed by atoms with Gasteiger partial charge in [0.1, 0.15) is 0 Å². The number of morpholine rings is 1. The summed E-state index contributed by atoms with van der Waals surface area (Å²) in [6, 6.07) is 10.2. The number of halogens is 1. The largest absolute Gasteiger partial charge is 0.444 e. The van der Waals surface area contributed by atoms with Gasteiger partial charge in [0, 0.05) is 38.9 Å². The first-order valence-corrected chi connectivity index (χ1v) is 10.1. The molecule has 1 amide bonds. The van der Waals surface area contributed by atoms with E-state index in [4.69, 9.17) is 9.15 Å². The number of nitrogens with zero attached hydrogens (tertiary/aromatic N) is 2. The number of likely N-dealkylation sites (N-methyl/N-ethyl adjacent to an activating group) is 1. The summed E-state index contributed by atoms with van der Waals surface area (Å²) in [4.78, 5) is 17.1. The maximum Gasteiger partial charge on any atom is 0.287 e. The van der Waals surface area contributed by atoms with Crippen LogP contribution >= 0.6 is 15.9 Å². The van der Waals surface area contributed by atoms with Crippen LogP contribution in [-0.2, 0) is 11.2 Å². The van der Waals surface area contributed by atoms with Crippen molar-refractivity contribution in [2.75, 3.05) is 51.3 Å². The molecule has 1 atom stereocenters. The average Bonchev–Trinajstić information content (AvgIpc) is 3.29. The van der Waals surface area contributed by atoms with E-state index in [0.717, 1.165) is 39.3 Å². The highest BCUT2D eigenvalue weighted by Crippen LogP contribution is 2.31. The van der Waals surface area contributed by atoms with E-state index in [-0.39, 0.29) is 11.9 Å². The smallest absolute Gasteiger partial charge is 0.287 e. The first kappa shape index (κ1) is 18.5. The number of hydrogen-bond acceptors (Lipinski definition) is 5. The number of carbonyl (C=O) groups is 1. The lowest BCUT2D eigenvalue weighted by Gasteiger charge is -2.35. The van der Waals surface area contributed by atoms with Crippen molar-refractivity contribution in [1.82, 2.24) is 10.2 Å². The first-order chi connectivity index (χ1) is 13.1. The molecule has 0 spiro atoms. The maximum absolute atomic E-state index is 12.4. The minimum absolute atomic E-state index is 0.118. The van der Waals surface area contributed by atoms with Gasteiger partial charge in [-0.25, -0.2) is 0 Å². The van der Waals surface area contributed by atoms with Gasteiger partial charge in [-0.15, -0.1) is 0 Å². The SMILES string of the molecule is CN1CCc2cc([C@@H](CNC(=O)c3ccc(Br)o3)N3CCOCC3)ccc21. The Morgan fingerprint density at radius 3 is 2.78 bits per heavy atom. The molecule has 1 fully saturated rings. The number of amides is 1. The third-order valence-corrected chi connectivity index (χ3v) is 5.78. The Bertz CT molecular complexity index is 817. The molecule has 0 aliphatic carbocycles. The molecule has 3 heterocycles. The van der Waals surface area contributed by atoms with Crippen molar-refractivity contribution in [3.05, 3.63) is 51.9 Å². The zero-order valence-corrected chi connectivity index (χ0v) is 17.0. The fraction of sp³-hybridized carbons (Fsp3) is 0.450. The van der Waals surface area contributed by atoms with E-state index < -0.39 is 0 Å². The molecule has 1 N–H and O–H groups in total. The number of ether oxygens (including phenoxy) is 1. The van der Waals surface area contributed by atoms with Gasteiger partial charge in [-0.3, -0.25) is 9.69 Å². The van der Waals surface area contributed by atoms with E-state index in [1.807, 2.05) is 0 Å². The van der Waals surface area contributed by atoms with Crippen molar-refractivity contribution in [3.63, 3.8) is 0 Å². The summed E-state index contributed by atoms with van der Waals surface area (Å²) >= 11 is 3.24. The lowest BCUT2D eigenvalue weighted by Crippen LogP contribution is -2.43. The number of carbonyl (C=O) groups excluding carboxylic acids is 1. The van der Waals surface area contributed by atoms with Crippen LogP contribution in [0.1, 0.15) is 27.7 Å². The predicted octanol–water partition coefficient (Wildman–Crippen LogP) is 2.84. The molecule has 144 valence electrons. The quantitative estimate of drug-likeness (QED) is 0.785. The van der Waals surface area contributed by atoms with Crippen LogP contribution in [0.2, 0.25) is 0 Å². The molecule has 0 radical (unpaired) electrons. The van der Waals surface area contributed by atoms with Gasteiger partial charge >= 0.3 is 0 Å². The third kappa shape index (κ3) is 4.05. The lowest BCUT2D eigenvalue weighted by atomic mass is 10.0. The van der Waals surface area contributed by atoms with Gasteiger partial charge in [-0.1, -0.05) is 12.1 Å². The molecule has 4 rings (SSSR count). The van der Waals surface area contributed by atoms with Crippen LogP contribution in [-0.4, -0.2) is 57.2 Å². The number of hydrogen-bond donors (Lipinski definition) is 1. The molecule has 1 saturated heterocycles. The van der Waals surface area contributed by atoms with Crippen LogP contribution < -0.4 is 10.2 Å². The van der Waals surface area contributed by atoms with Gasteiger partial charge in [0.25, 0.3) is 5.91 Å². The number of furan rings is 1. The van der Waals surface area contributed by atoms with Crippen LogP contribution in [0.3, 0.4) is 0 Å². The molecule has 27 heavy (non-hydrogen) atoms. The van der Waals surface area contributed by atoms with Crippen LogP contribution in [0.4, 0.5) is 5.69 Å². The molecule has 2 aromatic rings. The molecule has 2 aliphatic rings. The van der Waals surface area contributed by atoms with E-state index in [1.165, 1.54) is 16.8 Å². The minimum atomic E-state index is -0.195. The molecular formula is C20H24BrN3O3. The standard InChI is InChI=1S/C20H24BrN3O3/c1-23-7-6-15-12-14(2-3-16(15)23)17(24-8-10-26-11-9-24)13-22-20(25)18-4-5-19(21)27-18/h2-5,12,17H,6-11,13H2,1H3,(H,22,25)/t17-/m1/s1. The molecule has 1 aromatic carbocycles. The summed E-state index contributed by atoms with van der Waals surface area (Å²) in [5, 5.41) is 3.04. The van der Waals surface area contributed by atoms with E-state index >= 15 is 0 Å². The van der Waals surface area contributed by atoms with Gasteiger partial charge in [-0.2, -0.15) is 0 Å². The Morgan fingerprint density at radius 2 is 2.04 bits per heavy atom. The Balaban J connectivity index is 1.53. The highest BCUT2D eigenvalue weighted by molar-refractivity contribution is 9.10. The number of anilines is 1. The minimum Gasteiger partial charge on any atom is -0.444 e. The van der Waals surface area contributed by atoms with Crippen molar-refractivity contribution in [3.8, 4) is 0 Å². The average molecular weight is 434 g/mol. The molecule has 0 bridgehead atoms. The summed E-state index contributed by atoms with van der Waals surface area (Å²) in [7, 11) is 2.13. The number of benzene rings is 1. The Kier molecular flexibility index (Phi) is 5.52. The normalized spacial score (nSPS) is 18.4. The topological polar surface area (TPSA) is 58.0 Å². The fourth-order valence-electron chi connectivity index (χ4n) is 3.85. The molecular weight excluding hydrogens is 410 g/mol. The van der Waals surface area contributed by atoms with Gasteiger partial charge < -0.3 is 19.4 Å².